The van der Waals surface area contributed by atoms with E-state index < -0.39 is 6.10 Å². The number of rotatable bonds is 8. The van der Waals surface area contributed by atoms with Crippen molar-refractivity contribution in [2.24, 2.45) is 0 Å². The van der Waals surface area contributed by atoms with Crippen molar-refractivity contribution >= 4 is 34.1 Å². The van der Waals surface area contributed by atoms with Gasteiger partial charge in [-0.3, -0.25) is 14.4 Å². The Kier molecular flexibility index (Phi) is 7.14. The zero-order valence-corrected chi connectivity index (χ0v) is 16.9. The van der Waals surface area contributed by atoms with Crippen molar-refractivity contribution in [2.45, 2.75) is 45.1 Å². The Balaban J connectivity index is 1.51. The zero-order chi connectivity index (χ0) is 21.5. The molecule has 0 aromatic heterocycles. The summed E-state index contributed by atoms with van der Waals surface area (Å²) in [6.45, 7) is 1.45. The van der Waals surface area contributed by atoms with Gasteiger partial charge in [-0.2, -0.15) is 0 Å². The lowest BCUT2D eigenvalue weighted by molar-refractivity contribution is -0.134. The molecule has 0 saturated heterocycles. The lowest BCUT2D eigenvalue weighted by atomic mass is 10.1. The summed E-state index contributed by atoms with van der Waals surface area (Å²) in [6, 6.07) is 10.8. The summed E-state index contributed by atoms with van der Waals surface area (Å²) in [4.78, 5) is 35.2. The number of allylic oxidation sites excluding steroid dienone is 3. The van der Waals surface area contributed by atoms with Crippen molar-refractivity contribution in [2.75, 3.05) is 5.32 Å². The minimum absolute atomic E-state index is 0.00697. The van der Waals surface area contributed by atoms with E-state index in [-0.39, 0.29) is 30.5 Å². The van der Waals surface area contributed by atoms with E-state index in [1.54, 1.807) is 18.2 Å². The average Bonchev–Trinajstić information content (AvgIpc) is 3.03. The number of aliphatic hydroxyl groups excluding tert-OH is 1. The van der Waals surface area contributed by atoms with E-state index in [0.717, 1.165) is 10.8 Å². The fourth-order valence-electron chi connectivity index (χ4n) is 3.41. The maximum atomic E-state index is 12.2. The number of ether oxygens (including phenoxy) is 1. The number of amides is 1. The van der Waals surface area contributed by atoms with Gasteiger partial charge in [-0.25, -0.2) is 0 Å². The van der Waals surface area contributed by atoms with Crippen LogP contribution in [0.3, 0.4) is 0 Å². The molecule has 6 heteroatoms. The van der Waals surface area contributed by atoms with Crippen LogP contribution in [-0.4, -0.2) is 28.9 Å². The topological polar surface area (TPSA) is 92.7 Å². The highest BCUT2D eigenvalue weighted by molar-refractivity contribution is 6.04. The molecule has 2 aromatic rings. The number of nitrogens with one attached hydrogen (secondary N) is 1. The van der Waals surface area contributed by atoms with E-state index in [4.69, 9.17) is 4.74 Å². The van der Waals surface area contributed by atoms with Crippen LogP contribution in [0.1, 0.15) is 39.0 Å². The van der Waals surface area contributed by atoms with Gasteiger partial charge in [0, 0.05) is 36.2 Å². The Hall–Kier alpha value is -3.25. The summed E-state index contributed by atoms with van der Waals surface area (Å²) in [5.74, 6) is -0.0293. The van der Waals surface area contributed by atoms with Crippen LogP contribution in [0.25, 0.3) is 10.8 Å². The molecule has 1 aliphatic rings. The molecule has 1 aliphatic carbocycles. The van der Waals surface area contributed by atoms with Gasteiger partial charge in [-0.1, -0.05) is 36.4 Å². The third kappa shape index (κ3) is 5.64. The number of carbonyl (C=O) groups is 3. The number of Topliss-reactive ketones (excluding diaryl/α,β-unsaturated/α-hetero) is 1. The fraction of sp³-hybridized carbons (Fsp3) is 0.292. The number of hydrogen-bond donors (Lipinski definition) is 2. The predicted molar refractivity (Wildman–Crippen MR) is 115 cm³/mol. The summed E-state index contributed by atoms with van der Waals surface area (Å²) >= 11 is 0. The minimum Gasteiger partial charge on any atom is -0.426 e. The third-order valence-electron chi connectivity index (χ3n) is 4.82. The SMILES string of the molecule is CC(=O)Nc1ccc(OC(=O)CCCC=CCC2=CC(O)CC2=O)c2ccccc12. The Labute approximate surface area is 175 Å². The first-order valence-electron chi connectivity index (χ1n) is 10.0. The standard InChI is InChI=1S/C24H25NO5/c1-16(26)25-21-12-13-23(20-10-7-6-9-19(20)21)30-24(29)11-5-3-2-4-8-17-14-18(27)15-22(17)28/h2,4,6-7,9-10,12-14,18,27H,3,5,8,11,15H2,1H3,(H,25,26). The number of benzene rings is 2. The second kappa shape index (κ2) is 9.98. The third-order valence-corrected chi connectivity index (χ3v) is 4.82. The molecule has 0 radical (unpaired) electrons. The fourth-order valence-corrected chi connectivity index (χ4v) is 3.41. The number of esters is 1. The van der Waals surface area contributed by atoms with Crippen LogP contribution in [0.4, 0.5) is 5.69 Å². The van der Waals surface area contributed by atoms with Crippen LogP contribution in [0.5, 0.6) is 5.75 Å². The van der Waals surface area contributed by atoms with Crippen LogP contribution in [0, 0.1) is 0 Å². The van der Waals surface area contributed by atoms with Gasteiger partial charge in [-0.15, -0.1) is 0 Å². The molecule has 2 N–H and O–H groups in total. The average molecular weight is 407 g/mol. The highest BCUT2D eigenvalue weighted by atomic mass is 16.5. The number of ketones is 1. The molecular weight excluding hydrogens is 382 g/mol. The maximum Gasteiger partial charge on any atom is 0.311 e. The summed E-state index contributed by atoms with van der Waals surface area (Å²) in [5, 5.41) is 13.8. The highest BCUT2D eigenvalue weighted by Gasteiger charge is 2.20. The van der Waals surface area contributed by atoms with Crippen molar-refractivity contribution in [1.29, 1.82) is 0 Å². The van der Waals surface area contributed by atoms with Crippen LogP contribution < -0.4 is 10.1 Å². The lowest BCUT2D eigenvalue weighted by Gasteiger charge is -2.11. The molecule has 0 fully saturated rings. The molecule has 0 aliphatic heterocycles. The van der Waals surface area contributed by atoms with Crippen LogP contribution in [0.15, 0.2) is 60.2 Å². The van der Waals surface area contributed by atoms with Gasteiger partial charge in [0.05, 0.1) is 6.10 Å². The number of anilines is 1. The van der Waals surface area contributed by atoms with Gasteiger partial charge in [0.15, 0.2) is 5.78 Å². The molecule has 30 heavy (non-hydrogen) atoms. The molecule has 6 nitrogen and oxygen atoms in total. The first-order valence-corrected chi connectivity index (χ1v) is 10.0. The van der Waals surface area contributed by atoms with Gasteiger partial charge in [-0.05, 0) is 43.0 Å². The van der Waals surface area contributed by atoms with Gasteiger partial charge < -0.3 is 15.2 Å². The molecule has 1 amide bonds. The molecule has 2 aromatic carbocycles. The Morgan fingerprint density at radius 1 is 1.17 bits per heavy atom. The molecule has 1 unspecified atom stereocenters. The molecule has 0 heterocycles. The van der Waals surface area contributed by atoms with Crippen molar-refractivity contribution in [1.82, 2.24) is 0 Å². The van der Waals surface area contributed by atoms with Crippen LogP contribution in [0.2, 0.25) is 0 Å². The number of hydrogen-bond acceptors (Lipinski definition) is 5. The van der Waals surface area contributed by atoms with Crippen molar-refractivity contribution in [3.05, 3.63) is 60.2 Å². The quantitative estimate of drug-likeness (QED) is 0.298. The Morgan fingerprint density at radius 2 is 1.93 bits per heavy atom. The Morgan fingerprint density at radius 3 is 2.63 bits per heavy atom. The number of fused-ring (bicyclic) bond motifs is 1. The van der Waals surface area contributed by atoms with Crippen molar-refractivity contribution < 1.29 is 24.2 Å². The van der Waals surface area contributed by atoms with E-state index in [1.807, 2.05) is 36.4 Å². The monoisotopic (exact) mass is 407 g/mol. The van der Waals surface area contributed by atoms with Gasteiger partial charge in [0.1, 0.15) is 5.75 Å². The number of unbranched alkanes of at least 4 members (excludes halogenated alkanes) is 1. The molecule has 0 spiro atoms. The van der Waals surface area contributed by atoms with Crippen LogP contribution >= 0.6 is 0 Å². The molecule has 3 rings (SSSR count). The Bertz CT molecular complexity index is 1020. The summed E-state index contributed by atoms with van der Waals surface area (Å²) in [7, 11) is 0. The van der Waals surface area contributed by atoms with E-state index in [1.165, 1.54) is 6.92 Å². The molecule has 0 saturated carbocycles. The second-order valence-electron chi connectivity index (χ2n) is 7.27. The molecule has 0 bridgehead atoms. The first kappa shape index (κ1) is 21.5. The van der Waals surface area contributed by atoms with E-state index in [0.29, 0.717) is 36.3 Å². The van der Waals surface area contributed by atoms with Gasteiger partial charge in [0.25, 0.3) is 0 Å². The zero-order valence-electron chi connectivity index (χ0n) is 16.9. The van der Waals surface area contributed by atoms with Crippen molar-refractivity contribution in [3.8, 4) is 5.75 Å². The molecule has 156 valence electrons. The normalized spacial score (nSPS) is 16.1. The number of carbonyl (C=O) groups excluding carboxylic acids is 3. The van der Waals surface area contributed by atoms with Crippen LogP contribution in [-0.2, 0) is 14.4 Å². The molecular formula is C24H25NO5. The highest BCUT2D eigenvalue weighted by Crippen LogP contribution is 2.32. The number of aliphatic hydroxyl groups is 1. The molecule has 1 atom stereocenters. The first-order chi connectivity index (χ1) is 14.4. The minimum atomic E-state index is -0.654. The summed E-state index contributed by atoms with van der Waals surface area (Å²) < 4.78 is 5.54. The largest absolute Gasteiger partial charge is 0.426 e. The summed E-state index contributed by atoms with van der Waals surface area (Å²) in [6.07, 6.45) is 7.05. The second-order valence-corrected chi connectivity index (χ2v) is 7.27. The smallest absolute Gasteiger partial charge is 0.311 e. The van der Waals surface area contributed by atoms with Gasteiger partial charge >= 0.3 is 5.97 Å². The van der Waals surface area contributed by atoms with Crippen molar-refractivity contribution in [3.63, 3.8) is 0 Å². The lowest BCUT2D eigenvalue weighted by Crippen LogP contribution is -2.09. The van der Waals surface area contributed by atoms with E-state index in [9.17, 15) is 19.5 Å². The maximum absolute atomic E-state index is 12.2. The van der Waals surface area contributed by atoms with E-state index >= 15 is 0 Å². The van der Waals surface area contributed by atoms with E-state index in [2.05, 4.69) is 5.32 Å². The van der Waals surface area contributed by atoms with Gasteiger partial charge in [0.2, 0.25) is 5.91 Å². The predicted octanol–water partition coefficient (Wildman–Crippen LogP) is 4.08. The summed E-state index contributed by atoms with van der Waals surface area (Å²) in [5.41, 5.74) is 1.32.